The summed E-state index contributed by atoms with van der Waals surface area (Å²) in [7, 11) is -4.42. The van der Waals surface area contributed by atoms with Crippen LogP contribution in [0.15, 0.2) is 94.7 Å². The molecule has 0 fully saturated rings. The predicted molar refractivity (Wildman–Crippen MR) is 116 cm³/mol. The summed E-state index contributed by atoms with van der Waals surface area (Å²) in [4.78, 5) is -0.845. The number of rotatable bonds is 4. The fraction of sp³-hybridized carbons (Fsp3) is 0. The van der Waals surface area contributed by atoms with Crippen molar-refractivity contribution in [3.05, 3.63) is 84.9 Å². The third kappa shape index (κ3) is 3.45. The molecule has 0 unspecified atom stereocenters. The maximum atomic E-state index is 13.6. The van der Waals surface area contributed by atoms with Crippen molar-refractivity contribution < 1.29 is 28.8 Å². The molecule has 0 aliphatic rings. The average molecular weight is 434 g/mol. The number of aromatic hydroxyl groups is 4. The Morgan fingerprint density at radius 2 is 1.10 bits per heavy atom. The Hall–Kier alpha value is -3.97. The maximum absolute atomic E-state index is 13.6. The number of hydrogen-bond acceptors (Lipinski definition) is 6. The van der Waals surface area contributed by atoms with E-state index in [2.05, 4.69) is 0 Å². The molecule has 0 amide bonds. The number of benzene rings is 4. The fourth-order valence-corrected chi connectivity index (χ4v) is 5.09. The van der Waals surface area contributed by atoms with Crippen LogP contribution in [0.2, 0.25) is 0 Å². The van der Waals surface area contributed by atoms with Gasteiger partial charge in [0, 0.05) is 11.1 Å². The molecule has 6 nitrogen and oxygen atoms in total. The first-order valence-corrected chi connectivity index (χ1v) is 10.8. The van der Waals surface area contributed by atoms with Gasteiger partial charge in [0.05, 0.1) is 4.90 Å². The third-order valence-corrected chi connectivity index (χ3v) is 6.71. The van der Waals surface area contributed by atoms with Crippen LogP contribution >= 0.6 is 0 Å². The summed E-state index contributed by atoms with van der Waals surface area (Å²) in [6, 6.07) is 21.9. The number of phenols is 4. The Labute approximate surface area is 178 Å². The van der Waals surface area contributed by atoms with Gasteiger partial charge < -0.3 is 20.4 Å². The molecular weight excluding hydrogens is 416 g/mol. The van der Waals surface area contributed by atoms with Crippen LogP contribution in [0.25, 0.3) is 22.3 Å². The van der Waals surface area contributed by atoms with Gasteiger partial charge in [-0.05, 0) is 29.3 Å². The molecule has 31 heavy (non-hydrogen) atoms. The monoisotopic (exact) mass is 434 g/mol. The zero-order valence-corrected chi connectivity index (χ0v) is 16.9. The first-order valence-electron chi connectivity index (χ1n) is 9.28. The number of hydrogen-bond donors (Lipinski definition) is 4. The van der Waals surface area contributed by atoms with Gasteiger partial charge in [-0.25, -0.2) is 8.42 Å². The lowest BCUT2D eigenvalue weighted by molar-refractivity contribution is 0.362. The topological polar surface area (TPSA) is 115 Å². The molecule has 0 heterocycles. The Kier molecular flexibility index (Phi) is 5.04. The lowest BCUT2D eigenvalue weighted by atomic mass is 9.92. The summed E-state index contributed by atoms with van der Waals surface area (Å²) in [6.45, 7) is 0. The molecule has 7 heteroatoms. The molecular formula is C24H18O6S. The fourth-order valence-electron chi connectivity index (χ4n) is 3.48. The van der Waals surface area contributed by atoms with Gasteiger partial charge >= 0.3 is 0 Å². The van der Waals surface area contributed by atoms with Crippen LogP contribution < -0.4 is 0 Å². The number of phenolic OH excluding ortho intramolecular Hbond substituents is 4. The SMILES string of the molecule is O=S(=O)(c1cccc(O)c1)c1c(O)c(O)c(O)c(-c2ccccc2)c1-c1ccccc1. The van der Waals surface area contributed by atoms with E-state index in [0.717, 1.165) is 6.07 Å². The lowest BCUT2D eigenvalue weighted by Gasteiger charge is -2.20. The number of sulfone groups is 1. The molecule has 0 spiro atoms. The van der Waals surface area contributed by atoms with E-state index in [1.807, 2.05) is 0 Å². The lowest BCUT2D eigenvalue weighted by Crippen LogP contribution is -2.06. The van der Waals surface area contributed by atoms with E-state index < -0.39 is 32.0 Å². The highest BCUT2D eigenvalue weighted by Gasteiger charge is 2.33. The van der Waals surface area contributed by atoms with Crippen molar-refractivity contribution in [2.45, 2.75) is 9.79 Å². The van der Waals surface area contributed by atoms with E-state index in [-0.39, 0.29) is 21.8 Å². The van der Waals surface area contributed by atoms with Gasteiger partial charge in [-0.15, -0.1) is 0 Å². The summed E-state index contributed by atoms with van der Waals surface area (Å²) in [5.41, 5.74) is 0.941. The molecule has 0 aromatic heterocycles. The van der Waals surface area contributed by atoms with E-state index >= 15 is 0 Å². The molecule has 4 aromatic carbocycles. The highest BCUT2D eigenvalue weighted by molar-refractivity contribution is 7.91. The van der Waals surface area contributed by atoms with Gasteiger partial charge in [0.15, 0.2) is 11.5 Å². The molecule has 0 atom stereocenters. The second-order valence-electron chi connectivity index (χ2n) is 6.86. The highest BCUT2D eigenvalue weighted by atomic mass is 32.2. The van der Waals surface area contributed by atoms with Crippen molar-refractivity contribution in [3.8, 4) is 45.3 Å². The molecule has 4 N–H and O–H groups in total. The minimum absolute atomic E-state index is 0.0305. The van der Waals surface area contributed by atoms with Gasteiger partial charge in [0.1, 0.15) is 10.6 Å². The maximum Gasteiger partial charge on any atom is 0.211 e. The van der Waals surface area contributed by atoms with Crippen LogP contribution in [0.1, 0.15) is 0 Å². The van der Waals surface area contributed by atoms with Crippen LogP contribution in [0.4, 0.5) is 0 Å². The van der Waals surface area contributed by atoms with Crippen molar-refractivity contribution in [2.75, 3.05) is 0 Å². The summed E-state index contributed by atoms with van der Waals surface area (Å²) in [5.74, 6) is -2.83. The van der Waals surface area contributed by atoms with Gasteiger partial charge in [-0.3, -0.25) is 0 Å². The second-order valence-corrected chi connectivity index (χ2v) is 8.74. The second kappa shape index (κ2) is 7.70. The van der Waals surface area contributed by atoms with E-state index in [0.29, 0.717) is 11.1 Å². The Morgan fingerprint density at radius 3 is 1.65 bits per heavy atom. The summed E-state index contributed by atoms with van der Waals surface area (Å²) in [5, 5.41) is 41.7. The van der Waals surface area contributed by atoms with Crippen LogP contribution in [0.5, 0.6) is 23.0 Å². The molecule has 0 radical (unpaired) electrons. The minimum atomic E-state index is -4.42. The standard InChI is InChI=1S/C24H18O6S/c25-17-12-7-13-18(14-17)31(29,30)24-20(16-10-5-2-6-11-16)19(15-8-3-1-4-9-15)21(26)22(27)23(24)28/h1-14,25-28H. The van der Waals surface area contributed by atoms with Crippen molar-refractivity contribution >= 4 is 9.84 Å². The van der Waals surface area contributed by atoms with Crippen LogP contribution in [0.3, 0.4) is 0 Å². The third-order valence-electron chi connectivity index (χ3n) is 4.90. The Balaban J connectivity index is 2.19. The summed E-state index contributed by atoms with van der Waals surface area (Å²) >= 11 is 0. The highest BCUT2D eigenvalue weighted by Crippen LogP contribution is 2.54. The van der Waals surface area contributed by atoms with Gasteiger partial charge in [0.2, 0.25) is 15.6 Å². The normalized spacial score (nSPS) is 11.4. The Bertz CT molecular complexity index is 1360. The van der Waals surface area contributed by atoms with E-state index in [9.17, 15) is 28.8 Å². The predicted octanol–water partition coefficient (Wildman–Crippen LogP) is 4.68. The molecule has 0 bridgehead atoms. The quantitative estimate of drug-likeness (QED) is 0.347. The summed E-state index contributed by atoms with van der Waals surface area (Å²) < 4.78 is 27.2. The molecule has 0 saturated heterocycles. The van der Waals surface area contributed by atoms with E-state index in [1.165, 1.54) is 18.2 Å². The van der Waals surface area contributed by atoms with Crippen LogP contribution in [-0.2, 0) is 9.84 Å². The van der Waals surface area contributed by atoms with Crippen molar-refractivity contribution in [1.29, 1.82) is 0 Å². The van der Waals surface area contributed by atoms with E-state index in [4.69, 9.17) is 0 Å². The Morgan fingerprint density at radius 1 is 0.548 bits per heavy atom. The first kappa shape index (κ1) is 20.3. The van der Waals surface area contributed by atoms with E-state index in [1.54, 1.807) is 60.7 Å². The van der Waals surface area contributed by atoms with Crippen LogP contribution in [0, 0.1) is 0 Å². The first-order chi connectivity index (χ1) is 14.8. The molecule has 0 aliphatic carbocycles. The van der Waals surface area contributed by atoms with Gasteiger partial charge in [0.25, 0.3) is 0 Å². The molecule has 0 aliphatic heterocycles. The van der Waals surface area contributed by atoms with Crippen LogP contribution in [-0.4, -0.2) is 28.8 Å². The van der Waals surface area contributed by atoms with Gasteiger partial charge in [-0.1, -0.05) is 66.7 Å². The smallest absolute Gasteiger partial charge is 0.211 e. The van der Waals surface area contributed by atoms with Gasteiger partial charge in [-0.2, -0.15) is 0 Å². The molecule has 4 rings (SSSR count). The average Bonchev–Trinajstić information content (AvgIpc) is 2.78. The molecule has 156 valence electrons. The largest absolute Gasteiger partial charge is 0.508 e. The zero-order chi connectivity index (χ0) is 22.2. The van der Waals surface area contributed by atoms with Crippen molar-refractivity contribution in [1.82, 2.24) is 0 Å². The molecule has 0 saturated carbocycles. The van der Waals surface area contributed by atoms with Crippen molar-refractivity contribution in [3.63, 3.8) is 0 Å². The zero-order valence-electron chi connectivity index (χ0n) is 16.1. The molecule has 4 aromatic rings. The summed E-state index contributed by atoms with van der Waals surface area (Å²) in [6.07, 6.45) is 0. The van der Waals surface area contributed by atoms with Crippen molar-refractivity contribution in [2.24, 2.45) is 0 Å². The minimum Gasteiger partial charge on any atom is -0.508 e.